The minimum atomic E-state index is -0.00519. The molecule has 0 bridgehead atoms. The van der Waals surface area contributed by atoms with Gasteiger partial charge in [0.25, 0.3) is 0 Å². The Morgan fingerprint density at radius 2 is 1.88 bits per heavy atom. The average molecular weight is 221 g/mol. The first-order valence-electron chi connectivity index (χ1n) is 6.45. The van der Waals surface area contributed by atoms with Crippen LogP contribution in [0.25, 0.3) is 0 Å². The lowest BCUT2D eigenvalue weighted by molar-refractivity contribution is 0.311. The molecule has 1 aliphatic rings. The standard InChI is InChI=1S/C13H23N3/c1-16-10-7-12(15-16)11-13(14)8-5-3-2-4-6-9-13/h7,10H,2-6,8-9,11,14H2,1H3. The van der Waals surface area contributed by atoms with Crippen LogP contribution in [-0.4, -0.2) is 15.3 Å². The first-order valence-corrected chi connectivity index (χ1v) is 6.45. The molecule has 0 spiro atoms. The Hall–Kier alpha value is -0.830. The molecule has 0 saturated heterocycles. The van der Waals surface area contributed by atoms with Gasteiger partial charge in [-0.25, -0.2) is 0 Å². The highest BCUT2D eigenvalue weighted by Crippen LogP contribution is 2.26. The molecule has 3 heteroatoms. The number of aryl methyl sites for hydroxylation is 1. The van der Waals surface area contributed by atoms with E-state index in [2.05, 4.69) is 11.2 Å². The van der Waals surface area contributed by atoms with E-state index in [9.17, 15) is 0 Å². The summed E-state index contributed by atoms with van der Waals surface area (Å²) < 4.78 is 1.86. The molecule has 3 nitrogen and oxygen atoms in total. The van der Waals surface area contributed by atoms with Crippen LogP contribution in [0, 0.1) is 0 Å². The lowest BCUT2D eigenvalue weighted by atomic mass is 9.81. The minimum Gasteiger partial charge on any atom is -0.325 e. The van der Waals surface area contributed by atoms with Crippen molar-refractivity contribution in [3.05, 3.63) is 18.0 Å². The number of nitrogens with two attached hydrogens (primary N) is 1. The van der Waals surface area contributed by atoms with Crippen molar-refractivity contribution in [2.24, 2.45) is 12.8 Å². The minimum absolute atomic E-state index is 0.00519. The van der Waals surface area contributed by atoms with Crippen molar-refractivity contribution in [2.45, 2.75) is 56.9 Å². The molecule has 2 N–H and O–H groups in total. The van der Waals surface area contributed by atoms with Gasteiger partial charge in [0.05, 0.1) is 5.69 Å². The van der Waals surface area contributed by atoms with Crippen molar-refractivity contribution in [3.8, 4) is 0 Å². The highest BCUT2D eigenvalue weighted by Gasteiger charge is 2.26. The van der Waals surface area contributed by atoms with Gasteiger partial charge in [0.2, 0.25) is 0 Å². The van der Waals surface area contributed by atoms with Crippen LogP contribution in [0.2, 0.25) is 0 Å². The van der Waals surface area contributed by atoms with Crippen LogP contribution in [0.4, 0.5) is 0 Å². The number of rotatable bonds is 2. The fourth-order valence-electron chi connectivity index (χ4n) is 2.70. The number of nitrogens with zero attached hydrogens (tertiary/aromatic N) is 2. The van der Waals surface area contributed by atoms with E-state index in [1.54, 1.807) is 0 Å². The summed E-state index contributed by atoms with van der Waals surface area (Å²) in [6.45, 7) is 0. The maximum Gasteiger partial charge on any atom is 0.0642 e. The van der Waals surface area contributed by atoms with Crippen LogP contribution >= 0.6 is 0 Å². The maximum absolute atomic E-state index is 6.52. The average Bonchev–Trinajstić information content (AvgIpc) is 2.59. The summed E-state index contributed by atoms with van der Waals surface area (Å²) in [5, 5.41) is 4.44. The Balaban J connectivity index is 1.99. The second kappa shape index (κ2) is 5.00. The molecule has 0 amide bonds. The van der Waals surface area contributed by atoms with Gasteiger partial charge < -0.3 is 5.73 Å². The zero-order chi connectivity index (χ0) is 11.4. The summed E-state index contributed by atoms with van der Waals surface area (Å²) in [5.74, 6) is 0. The zero-order valence-corrected chi connectivity index (χ0v) is 10.3. The van der Waals surface area contributed by atoms with E-state index in [0.717, 1.165) is 25.0 Å². The van der Waals surface area contributed by atoms with Crippen molar-refractivity contribution in [3.63, 3.8) is 0 Å². The van der Waals surface area contributed by atoms with Crippen LogP contribution in [0.3, 0.4) is 0 Å². The fraction of sp³-hybridized carbons (Fsp3) is 0.769. The Kier molecular flexibility index (Phi) is 3.64. The fourth-order valence-corrected chi connectivity index (χ4v) is 2.70. The lowest BCUT2D eigenvalue weighted by Crippen LogP contribution is -2.42. The molecule has 90 valence electrons. The van der Waals surface area contributed by atoms with Crippen LogP contribution in [-0.2, 0) is 13.5 Å². The molecule has 1 aliphatic carbocycles. The summed E-state index contributed by atoms with van der Waals surface area (Å²) in [6, 6.07) is 2.09. The number of hydrogen-bond acceptors (Lipinski definition) is 2. The van der Waals surface area contributed by atoms with Gasteiger partial charge in [0.15, 0.2) is 0 Å². The van der Waals surface area contributed by atoms with E-state index in [4.69, 9.17) is 5.73 Å². The molecule has 16 heavy (non-hydrogen) atoms. The SMILES string of the molecule is Cn1ccc(CC2(N)CCCCCCC2)n1. The summed E-state index contributed by atoms with van der Waals surface area (Å²) in [4.78, 5) is 0. The molecule has 0 atom stereocenters. The molecule has 1 aromatic rings. The molecule has 2 rings (SSSR count). The Morgan fingerprint density at radius 3 is 2.44 bits per heavy atom. The predicted octanol–water partition coefficient (Wildman–Crippen LogP) is 2.40. The summed E-state index contributed by atoms with van der Waals surface area (Å²) >= 11 is 0. The van der Waals surface area contributed by atoms with E-state index in [1.807, 2.05) is 17.9 Å². The second-order valence-electron chi connectivity index (χ2n) is 5.29. The predicted molar refractivity (Wildman–Crippen MR) is 66.1 cm³/mol. The van der Waals surface area contributed by atoms with Gasteiger partial charge in [-0.1, -0.05) is 32.1 Å². The third kappa shape index (κ3) is 3.08. The molecule has 0 aliphatic heterocycles. The van der Waals surface area contributed by atoms with Crippen molar-refractivity contribution >= 4 is 0 Å². The van der Waals surface area contributed by atoms with Gasteiger partial charge in [-0.3, -0.25) is 4.68 Å². The molecule has 0 aromatic carbocycles. The smallest absolute Gasteiger partial charge is 0.0642 e. The van der Waals surface area contributed by atoms with Crippen molar-refractivity contribution in [2.75, 3.05) is 0 Å². The van der Waals surface area contributed by atoms with Crippen molar-refractivity contribution in [1.29, 1.82) is 0 Å². The molecular weight excluding hydrogens is 198 g/mol. The largest absolute Gasteiger partial charge is 0.325 e. The number of hydrogen-bond donors (Lipinski definition) is 1. The third-order valence-corrected chi connectivity index (χ3v) is 3.65. The van der Waals surface area contributed by atoms with Gasteiger partial charge in [-0.2, -0.15) is 5.10 Å². The Bertz CT molecular complexity index is 322. The molecule has 0 radical (unpaired) electrons. The summed E-state index contributed by atoms with van der Waals surface area (Å²) in [7, 11) is 1.96. The topological polar surface area (TPSA) is 43.8 Å². The van der Waals surface area contributed by atoms with Crippen LogP contribution in [0.15, 0.2) is 12.3 Å². The molecule has 1 heterocycles. The summed E-state index contributed by atoms with van der Waals surface area (Å²) in [5.41, 5.74) is 7.66. The molecule has 1 aromatic heterocycles. The highest BCUT2D eigenvalue weighted by atomic mass is 15.2. The second-order valence-corrected chi connectivity index (χ2v) is 5.29. The molecule has 0 unspecified atom stereocenters. The molecule has 1 fully saturated rings. The van der Waals surface area contributed by atoms with E-state index < -0.39 is 0 Å². The van der Waals surface area contributed by atoms with Gasteiger partial charge in [-0.15, -0.1) is 0 Å². The van der Waals surface area contributed by atoms with E-state index in [0.29, 0.717) is 0 Å². The zero-order valence-electron chi connectivity index (χ0n) is 10.3. The Labute approximate surface area is 98.0 Å². The van der Waals surface area contributed by atoms with Crippen LogP contribution < -0.4 is 5.73 Å². The van der Waals surface area contributed by atoms with Gasteiger partial charge >= 0.3 is 0 Å². The van der Waals surface area contributed by atoms with E-state index in [-0.39, 0.29) is 5.54 Å². The number of aromatic nitrogens is 2. The van der Waals surface area contributed by atoms with Gasteiger partial charge in [0.1, 0.15) is 0 Å². The maximum atomic E-state index is 6.52. The van der Waals surface area contributed by atoms with E-state index in [1.165, 1.54) is 32.1 Å². The monoisotopic (exact) mass is 221 g/mol. The van der Waals surface area contributed by atoms with Gasteiger partial charge in [0, 0.05) is 25.2 Å². The highest BCUT2D eigenvalue weighted by molar-refractivity contribution is 5.05. The summed E-state index contributed by atoms with van der Waals surface area (Å²) in [6.07, 6.45) is 11.9. The van der Waals surface area contributed by atoms with Crippen molar-refractivity contribution in [1.82, 2.24) is 9.78 Å². The first-order chi connectivity index (χ1) is 7.68. The van der Waals surface area contributed by atoms with Crippen LogP contribution in [0.1, 0.15) is 50.6 Å². The third-order valence-electron chi connectivity index (χ3n) is 3.65. The van der Waals surface area contributed by atoms with Crippen molar-refractivity contribution < 1.29 is 0 Å². The molecular formula is C13H23N3. The normalized spacial score (nSPS) is 21.4. The Morgan fingerprint density at radius 1 is 1.25 bits per heavy atom. The quantitative estimate of drug-likeness (QED) is 0.833. The van der Waals surface area contributed by atoms with E-state index >= 15 is 0 Å². The van der Waals surface area contributed by atoms with Gasteiger partial charge in [-0.05, 0) is 18.9 Å². The van der Waals surface area contributed by atoms with Crippen LogP contribution in [0.5, 0.6) is 0 Å². The molecule has 1 saturated carbocycles. The lowest BCUT2D eigenvalue weighted by Gasteiger charge is -2.30. The first kappa shape index (κ1) is 11.6.